The first-order chi connectivity index (χ1) is 19.3. The number of carboxylic acid groups (broad SMARTS) is 1. The van der Waals surface area contributed by atoms with Gasteiger partial charge in [0, 0.05) is 30.3 Å². The van der Waals surface area contributed by atoms with Crippen LogP contribution in [0.5, 0.6) is 5.75 Å². The van der Waals surface area contributed by atoms with Crippen molar-refractivity contribution in [3.05, 3.63) is 70.3 Å². The Morgan fingerprint density at radius 2 is 1.66 bits per heavy atom. The van der Waals surface area contributed by atoms with Crippen LogP contribution in [-0.4, -0.2) is 53.6 Å². The predicted molar refractivity (Wildman–Crippen MR) is 145 cm³/mol. The van der Waals surface area contributed by atoms with E-state index in [0.717, 1.165) is 34.4 Å². The van der Waals surface area contributed by atoms with Crippen LogP contribution in [0.25, 0.3) is 5.57 Å². The summed E-state index contributed by atoms with van der Waals surface area (Å²) in [5.41, 5.74) is 2.45. The SMILES string of the molecule is C[C@@H]1CC2=C(Cc3ccccc32)[C@@H](c2c(F)cc(OCCCCCCOC(F)(F)C(=O)O)cc2F)N1CC(C)(C)F. The number of fused-ring (bicyclic) bond motifs is 2. The van der Waals surface area contributed by atoms with Gasteiger partial charge in [-0.2, -0.15) is 8.78 Å². The molecule has 4 rings (SSSR count). The maximum atomic E-state index is 15.7. The number of benzene rings is 2. The quantitative estimate of drug-likeness (QED) is 0.196. The van der Waals surface area contributed by atoms with Crippen molar-refractivity contribution in [1.29, 1.82) is 0 Å². The average molecular weight is 582 g/mol. The topological polar surface area (TPSA) is 59.0 Å². The van der Waals surface area contributed by atoms with E-state index in [9.17, 15) is 18.0 Å². The lowest BCUT2D eigenvalue weighted by Gasteiger charge is -2.44. The lowest BCUT2D eigenvalue weighted by Crippen LogP contribution is -2.47. The molecule has 2 aliphatic rings. The number of carboxylic acids is 1. The molecule has 2 aromatic carbocycles. The van der Waals surface area contributed by atoms with E-state index in [4.69, 9.17) is 9.84 Å². The van der Waals surface area contributed by atoms with E-state index in [1.54, 1.807) is 0 Å². The second-order valence-electron chi connectivity index (χ2n) is 11.4. The fourth-order valence-electron chi connectivity index (χ4n) is 5.76. The largest absolute Gasteiger partial charge is 0.493 e. The molecule has 1 aliphatic heterocycles. The highest BCUT2D eigenvalue weighted by Gasteiger charge is 2.43. The van der Waals surface area contributed by atoms with Crippen molar-refractivity contribution in [3.8, 4) is 5.75 Å². The minimum Gasteiger partial charge on any atom is -0.493 e. The van der Waals surface area contributed by atoms with Crippen LogP contribution >= 0.6 is 0 Å². The first-order valence-electron chi connectivity index (χ1n) is 13.9. The molecule has 10 heteroatoms. The predicted octanol–water partition coefficient (Wildman–Crippen LogP) is 7.49. The van der Waals surface area contributed by atoms with Gasteiger partial charge < -0.3 is 14.6 Å². The third-order valence-electron chi connectivity index (χ3n) is 7.56. The summed E-state index contributed by atoms with van der Waals surface area (Å²) in [6.07, 6.45) is -1.22. The number of rotatable bonds is 13. The van der Waals surface area contributed by atoms with Crippen molar-refractivity contribution in [3.63, 3.8) is 0 Å². The molecule has 2 atom stereocenters. The Morgan fingerprint density at radius 1 is 1.02 bits per heavy atom. The molecule has 224 valence electrons. The molecule has 1 heterocycles. The monoisotopic (exact) mass is 581 g/mol. The number of aliphatic carboxylic acids is 1. The van der Waals surface area contributed by atoms with Gasteiger partial charge in [-0.25, -0.2) is 18.0 Å². The third-order valence-corrected chi connectivity index (χ3v) is 7.56. The Morgan fingerprint density at radius 3 is 2.29 bits per heavy atom. The smallest absolute Gasteiger partial charge is 0.455 e. The highest BCUT2D eigenvalue weighted by molar-refractivity contribution is 5.79. The Hall–Kier alpha value is -2.98. The molecule has 0 spiro atoms. The molecule has 0 aromatic heterocycles. The molecule has 0 saturated heterocycles. The van der Waals surface area contributed by atoms with Crippen molar-refractivity contribution in [2.45, 2.75) is 83.2 Å². The number of halogens is 5. The van der Waals surface area contributed by atoms with Crippen molar-refractivity contribution in [2.75, 3.05) is 19.8 Å². The minimum absolute atomic E-state index is 0.0160. The fourth-order valence-corrected chi connectivity index (χ4v) is 5.76. The second-order valence-corrected chi connectivity index (χ2v) is 11.4. The Bertz CT molecular complexity index is 1270. The molecule has 5 nitrogen and oxygen atoms in total. The first kappa shape index (κ1) is 31.0. The van der Waals surface area contributed by atoms with Crippen LogP contribution in [0, 0.1) is 11.6 Å². The van der Waals surface area contributed by atoms with E-state index >= 15 is 8.78 Å². The maximum absolute atomic E-state index is 15.7. The van der Waals surface area contributed by atoms with Crippen LogP contribution in [0.3, 0.4) is 0 Å². The number of hydrogen-bond donors (Lipinski definition) is 1. The summed E-state index contributed by atoms with van der Waals surface area (Å²) in [5.74, 6) is -3.84. The Balaban J connectivity index is 1.44. The van der Waals surface area contributed by atoms with Gasteiger partial charge in [0.1, 0.15) is 23.1 Å². The van der Waals surface area contributed by atoms with Gasteiger partial charge in [-0.05, 0) is 75.1 Å². The fraction of sp³-hybridized carbons (Fsp3) is 0.516. The summed E-state index contributed by atoms with van der Waals surface area (Å²) in [5, 5.41) is 8.33. The van der Waals surface area contributed by atoms with E-state index in [2.05, 4.69) is 4.74 Å². The molecular formula is C31H36F5NO4. The van der Waals surface area contributed by atoms with E-state index in [1.807, 2.05) is 36.1 Å². The molecule has 1 aliphatic carbocycles. The van der Waals surface area contributed by atoms with Crippen LogP contribution in [0.2, 0.25) is 0 Å². The first-order valence-corrected chi connectivity index (χ1v) is 13.9. The second kappa shape index (κ2) is 12.5. The molecule has 0 bridgehead atoms. The van der Waals surface area contributed by atoms with Crippen LogP contribution in [-0.2, 0) is 16.0 Å². The van der Waals surface area contributed by atoms with Gasteiger partial charge in [-0.15, -0.1) is 0 Å². The number of alkyl halides is 3. The third kappa shape index (κ3) is 7.27. The van der Waals surface area contributed by atoms with E-state index in [1.165, 1.54) is 13.8 Å². The van der Waals surface area contributed by atoms with E-state index in [-0.39, 0.29) is 36.9 Å². The summed E-state index contributed by atoms with van der Waals surface area (Å²) in [6.45, 7) is 4.65. The zero-order chi connectivity index (χ0) is 29.9. The molecule has 0 unspecified atom stereocenters. The van der Waals surface area contributed by atoms with Crippen molar-refractivity contribution < 1.29 is 41.3 Å². The maximum Gasteiger partial charge on any atom is 0.455 e. The number of hydrogen-bond acceptors (Lipinski definition) is 4. The summed E-state index contributed by atoms with van der Waals surface area (Å²) >= 11 is 0. The molecular weight excluding hydrogens is 545 g/mol. The van der Waals surface area contributed by atoms with Crippen molar-refractivity contribution in [1.82, 2.24) is 4.90 Å². The van der Waals surface area contributed by atoms with Gasteiger partial charge in [0.2, 0.25) is 0 Å². The lowest BCUT2D eigenvalue weighted by atomic mass is 9.84. The minimum atomic E-state index is -4.21. The van der Waals surface area contributed by atoms with Gasteiger partial charge in [0.15, 0.2) is 0 Å². The lowest BCUT2D eigenvalue weighted by molar-refractivity contribution is -0.245. The van der Waals surface area contributed by atoms with Gasteiger partial charge in [-0.1, -0.05) is 30.7 Å². The van der Waals surface area contributed by atoms with Gasteiger partial charge >= 0.3 is 12.1 Å². The standard InChI is InChI=1S/C31H36F5NO4/c1-19-14-23-22-11-7-6-10-20(22)15-24(23)28(37(19)18-30(2,3)34)27-25(32)16-21(17-26(27)33)40-12-8-4-5-9-13-41-31(35,36)29(38)39/h6-7,10-11,16-17,19,28H,4-5,8-9,12-15,18H2,1-3H3,(H,38,39)/t19-,28+/m1/s1. The van der Waals surface area contributed by atoms with E-state index in [0.29, 0.717) is 32.1 Å². The Labute approximate surface area is 236 Å². The van der Waals surface area contributed by atoms with Gasteiger partial charge in [0.05, 0.1) is 19.3 Å². The van der Waals surface area contributed by atoms with Crippen LogP contribution in [0.1, 0.15) is 75.6 Å². The molecule has 2 aromatic rings. The molecule has 41 heavy (non-hydrogen) atoms. The van der Waals surface area contributed by atoms with Gasteiger partial charge in [-0.3, -0.25) is 4.90 Å². The number of nitrogens with zero attached hydrogens (tertiary/aromatic N) is 1. The molecule has 1 N–H and O–H groups in total. The normalized spacial score (nSPS) is 19.3. The van der Waals surface area contributed by atoms with E-state index < -0.39 is 42.0 Å². The number of carbonyl (C=O) groups is 1. The van der Waals surface area contributed by atoms with Crippen molar-refractivity contribution in [2.24, 2.45) is 0 Å². The zero-order valence-corrected chi connectivity index (χ0v) is 23.5. The molecule has 0 radical (unpaired) electrons. The van der Waals surface area contributed by atoms with Crippen molar-refractivity contribution >= 4 is 11.5 Å². The van der Waals surface area contributed by atoms with Crippen LogP contribution in [0.4, 0.5) is 22.0 Å². The van der Waals surface area contributed by atoms with Gasteiger partial charge in [0.25, 0.3) is 0 Å². The zero-order valence-electron chi connectivity index (χ0n) is 23.5. The number of unbranched alkanes of at least 4 members (excludes halogenated alkanes) is 3. The molecule has 0 fully saturated rings. The number of ether oxygens (including phenoxy) is 2. The average Bonchev–Trinajstić information content (AvgIpc) is 3.24. The summed E-state index contributed by atoms with van der Waals surface area (Å²) in [6, 6.07) is 9.33. The molecule has 0 saturated carbocycles. The summed E-state index contributed by atoms with van der Waals surface area (Å²) in [4.78, 5) is 12.2. The molecule has 0 amide bonds. The van der Waals surface area contributed by atoms with Crippen LogP contribution in [0.15, 0.2) is 42.0 Å². The highest BCUT2D eigenvalue weighted by atomic mass is 19.3. The Kier molecular flexibility index (Phi) is 9.43. The summed E-state index contributed by atoms with van der Waals surface area (Å²) in [7, 11) is 0. The van der Waals surface area contributed by atoms with Crippen LogP contribution < -0.4 is 4.74 Å². The highest BCUT2D eigenvalue weighted by Crippen LogP contribution is 2.50. The summed E-state index contributed by atoms with van der Waals surface area (Å²) < 4.78 is 81.8.